The number of ether oxygens (including phenoxy) is 5. The minimum atomic E-state index is -2.03. The summed E-state index contributed by atoms with van der Waals surface area (Å²) in [6, 6.07) is 0. The smallest absolute Gasteiger partial charge is 0.349 e. The third-order valence-corrected chi connectivity index (χ3v) is 8.13. The van der Waals surface area contributed by atoms with Crippen molar-refractivity contribution in [3.8, 4) is 0 Å². The van der Waals surface area contributed by atoms with Crippen LogP contribution in [0.3, 0.4) is 0 Å². The molecule has 0 aliphatic heterocycles. The van der Waals surface area contributed by atoms with E-state index in [1.807, 2.05) is 6.92 Å². The molecule has 0 aliphatic carbocycles. The fourth-order valence-corrected chi connectivity index (χ4v) is 6.09. The molecule has 0 saturated heterocycles. The predicted molar refractivity (Wildman–Crippen MR) is 213 cm³/mol. The Morgan fingerprint density at radius 3 is 1.39 bits per heavy atom. The first-order valence-electron chi connectivity index (χ1n) is 19.7. The topological polar surface area (TPSA) is 132 Å². The van der Waals surface area contributed by atoms with E-state index in [0.29, 0.717) is 17.8 Å². The molecule has 0 spiro atoms. The maximum Gasteiger partial charge on any atom is 0.349 e. The summed E-state index contributed by atoms with van der Waals surface area (Å²) < 4.78 is 28.0. The molecular weight excluding hydrogens is 688 g/mol. The van der Waals surface area contributed by atoms with E-state index in [-0.39, 0.29) is 17.9 Å². The molecule has 0 bridgehead atoms. The predicted octanol–water partition coefficient (Wildman–Crippen LogP) is 9.90. The zero-order valence-corrected chi connectivity index (χ0v) is 37.3. The van der Waals surface area contributed by atoms with Gasteiger partial charge in [0.2, 0.25) is 12.0 Å². The second-order valence-corrected chi connectivity index (χ2v) is 19.5. The van der Waals surface area contributed by atoms with Gasteiger partial charge in [-0.25, -0.2) is 9.59 Å². The highest BCUT2D eigenvalue weighted by molar-refractivity contribution is 6.01. The van der Waals surface area contributed by atoms with Crippen molar-refractivity contribution in [1.29, 1.82) is 0 Å². The quantitative estimate of drug-likeness (QED) is 0.0437. The van der Waals surface area contributed by atoms with E-state index >= 15 is 0 Å². The third kappa shape index (κ3) is 22.3. The van der Waals surface area contributed by atoms with Gasteiger partial charge in [0.25, 0.3) is 0 Å². The number of esters is 5. The molecule has 0 saturated carbocycles. The maximum absolute atomic E-state index is 13.8. The highest BCUT2D eigenvalue weighted by Gasteiger charge is 2.49. The summed E-state index contributed by atoms with van der Waals surface area (Å²) in [4.78, 5) is 68.0. The van der Waals surface area contributed by atoms with Gasteiger partial charge in [-0.15, -0.1) is 0 Å². The Morgan fingerprint density at radius 1 is 0.556 bits per heavy atom. The van der Waals surface area contributed by atoms with Crippen LogP contribution < -0.4 is 0 Å². The Bertz CT molecular complexity index is 1280. The Labute approximate surface area is 327 Å². The lowest BCUT2D eigenvalue weighted by molar-refractivity contribution is -0.196. The van der Waals surface area contributed by atoms with Crippen LogP contribution in [0.25, 0.3) is 0 Å². The molecule has 0 N–H and O–H groups in total. The van der Waals surface area contributed by atoms with Gasteiger partial charge in [0.1, 0.15) is 22.4 Å². The second-order valence-electron chi connectivity index (χ2n) is 19.5. The van der Waals surface area contributed by atoms with E-state index in [0.717, 1.165) is 18.4 Å². The van der Waals surface area contributed by atoms with Crippen LogP contribution in [0.2, 0.25) is 0 Å². The van der Waals surface area contributed by atoms with Gasteiger partial charge in [0.05, 0.1) is 5.92 Å². The van der Waals surface area contributed by atoms with E-state index in [9.17, 15) is 24.0 Å². The summed E-state index contributed by atoms with van der Waals surface area (Å²) in [5, 5.41) is 0. The number of rotatable bonds is 18. The van der Waals surface area contributed by atoms with Crippen LogP contribution in [0, 0.1) is 35.5 Å². The molecule has 10 heteroatoms. The molecular formula is C44H76O10. The van der Waals surface area contributed by atoms with E-state index in [1.165, 1.54) is 19.8 Å². The molecule has 0 rings (SSSR count). The van der Waals surface area contributed by atoms with Crippen LogP contribution in [0.1, 0.15) is 164 Å². The van der Waals surface area contributed by atoms with Crippen molar-refractivity contribution in [3.05, 3.63) is 23.3 Å². The number of hydrogen-bond donors (Lipinski definition) is 0. The summed E-state index contributed by atoms with van der Waals surface area (Å²) in [5.74, 6) is -5.76. The monoisotopic (exact) mass is 765 g/mol. The fourth-order valence-electron chi connectivity index (χ4n) is 6.09. The van der Waals surface area contributed by atoms with Crippen molar-refractivity contribution in [2.45, 2.75) is 192 Å². The van der Waals surface area contributed by atoms with Crippen molar-refractivity contribution >= 4 is 29.8 Å². The van der Waals surface area contributed by atoms with Crippen LogP contribution in [-0.4, -0.2) is 58.4 Å². The summed E-state index contributed by atoms with van der Waals surface area (Å²) in [6.45, 7) is 34.4. The average Bonchev–Trinajstić information content (AvgIpc) is 2.91. The Hall–Kier alpha value is -3.17. The molecule has 0 aromatic carbocycles. The van der Waals surface area contributed by atoms with Crippen LogP contribution >= 0.6 is 0 Å². The molecule has 0 radical (unpaired) electrons. The normalized spacial score (nSPS) is 16.7. The van der Waals surface area contributed by atoms with Crippen molar-refractivity contribution in [1.82, 2.24) is 0 Å². The summed E-state index contributed by atoms with van der Waals surface area (Å²) >= 11 is 0. The molecule has 0 aliphatic rings. The molecule has 312 valence electrons. The van der Waals surface area contributed by atoms with Crippen LogP contribution in [0.4, 0.5) is 0 Å². The summed E-state index contributed by atoms with van der Waals surface area (Å²) in [7, 11) is 0. The van der Waals surface area contributed by atoms with E-state index in [1.54, 1.807) is 89.2 Å². The molecule has 0 aromatic rings. The average molecular weight is 765 g/mol. The zero-order valence-electron chi connectivity index (χ0n) is 37.3. The SMILES string of the molecule is CCC(C)CC(C)CC(C)CC(C)/C=C(C)/C=C(\CC(C)C(=O)OC(C(=O)OC(C)(C)C)C(C(=O)OC(C)(C)C)C(=O)OC(C)(C)C)C(=O)OC(C)(C)C. The lowest BCUT2D eigenvalue weighted by Gasteiger charge is -2.31. The molecule has 0 fully saturated rings. The molecule has 6 unspecified atom stereocenters. The standard InChI is InChI=1S/C44H76O10/c1-20-27(2)21-28(3)22-29(4)23-30(5)24-31(6)25-33(37(46)51-41(8,9)10)26-32(7)36(45)50-35(40(49)54-44(17,18)19)34(38(47)52-42(11,12)13)39(48)53-43(14,15)16/h24-25,27-30,32,34-35H,20-23,26H2,1-19H3/b31-24+,33-25+. The molecule has 10 nitrogen and oxygen atoms in total. The number of allylic oxidation sites excluding steroid dienone is 3. The van der Waals surface area contributed by atoms with Gasteiger partial charge >= 0.3 is 29.8 Å². The first-order valence-corrected chi connectivity index (χ1v) is 19.7. The lowest BCUT2D eigenvalue weighted by atomic mass is 9.84. The van der Waals surface area contributed by atoms with E-state index < -0.39 is 70.2 Å². The van der Waals surface area contributed by atoms with Crippen molar-refractivity contribution < 1.29 is 47.7 Å². The first-order chi connectivity index (χ1) is 24.2. The van der Waals surface area contributed by atoms with Gasteiger partial charge in [0, 0.05) is 5.57 Å². The molecule has 6 atom stereocenters. The van der Waals surface area contributed by atoms with Gasteiger partial charge < -0.3 is 23.7 Å². The minimum absolute atomic E-state index is 0.110. The Morgan fingerprint density at radius 2 is 0.963 bits per heavy atom. The molecule has 0 aromatic heterocycles. The van der Waals surface area contributed by atoms with Crippen molar-refractivity contribution in [3.63, 3.8) is 0 Å². The van der Waals surface area contributed by atoms with Gasteiger partial charge in [-0.05, 0) is 145 Å². The largest absolute Gasteiger partial charge is 0.459 e. The van der Waals surface area contributed by atoms with Crippen molar-refractivity contribution in [2.75, 3.05) is 0 Å². The molecule has 54 heavy (non-hydrogen) atoms. The Kier molecular flexibility index (Phi) is 20.0. The van der Waals surface area contributed by atoms with Gasteiger partial charge in [0.15, 0.2) is 0 Å². The van der Waals surface area contributed by atoms with Crippen LogP contribution in [0.5, 0.6) is 0 Å². The lowest BCUT2D eigenvalue weighted by Crippen LogP contribution is -2.49. The zero-order chi connectivity index (χ0) is 42.6. The van der Waals surface area contributed by atoms with E-state index in [4.69, 9.17) is 23.7 Å². The first kappa shape index (κ1) is 50.8. The minimum Gasteiger partial charge on any atom is -0.459 e. The van der Waals surface area contributed by atoms with Crippen LogP contribution in [0.15, 0.2) is 23.3 Å². The second kappa shape index (κ2) is 21.2. The third-order valence-electron chi connectivity index (χ3n) is 8.13. The fraction of sp³-hybridized carbons (Fsp3) is 0.795. The van der Waals surface area contributed by atoms with Gasteiger partial charge in [-0.2, -0.15) is 0 Å². The summed E-state index contributed by atoms with van der Waals surface area (Å²) in [5.41, 5.74) is -2.89. The van der Waals surface area contributed by atoms with Crippen molar-refractivity contribution in [2.24, 2.45) is 35.5 Å². The molecule has 0 amide bonds. The highest BCUT2D eigenvalue weighted by Crippen LogP contribution is 2.28. The maximum atomic E-state index is 13.8. The van der Waals surface area contributed by atoms with Gasteiger partial charge in [-0.1, -0.05) is 59.6 Å². The van der Waals surface area contributed by atoms with Gasteiger partial charge in [-0.3, -0.25) is 14.4 Å². The number of hydrogen-bond acceptors (Lipinski definition) is 10. The number of carbonyl (C=O) groups is 5. The molecule has 0 heterocycles. The summed E-state index contributed by atoms with van der Waals surface area (Å²) in [6.07, 6.45) is 6.23. The van der Waals surface area contributed by atoms with E-state index in [2.05, 4.69) is 40.7 Å². The van der Waals surface area contributed by atoms with Crippen LogP contribution in [-0.2, 0) is 47.7 Å². The highest BCUT2D eigenvalue weighted by atomic mass is 16.6. The number of carbonyl (C=O) groups excluding carboxylic acids is 5. The Balaban J connectivity index is 6.66.